The molecule has 1 aliphatic rings. The number of rotatable bonds is 3. The minimum atomic E-state index is -0.210. The first kappa shape index (κ1) is 14.2. The van der Waals surface area contributed by atoms with E-state index in [0.717, 1.165) is 31.4 Å². The maximum atomic E-state index is 10.9. The molecular weight excluding hydrogens is 254 g/mol. The zero-order valence-corrected chi connectivity index (χ0v) is 11.6. The van der Waals surface area contributed by atoms with E-state index in [0.29, 0.717) is 17.3 Å². The molecule has 1 fully saturated rings. The van der Waals surface area contributed by atoms with E-state index in [1.165, 1.54) is 6.92 Å². The van der Waals surface area contributed by atoms with Crippen molar-refractivity contribution in [1.29, 1.82) is 5.26 Å². The first-order chi connectivity index (χ1) is 9.58. The number of hydrogen-bond donors (Lipinski definition) is 2. The van der Waals surface area contributed by atoms with Gasteiger partial charge in [-0.3, -0.25) is 4.79 Å². The van der Waals surface area contributed by atoms with E-state index in [1.807, 2.05) is 6.07 Å². The van der Waals surface area contributed by atoms with Gasteiger partial charge >= 0.3 is 5.97 Å². The van der Waals surface area contributed by atoms with Gasteiger partial charge < -0.3 is 15.8 Å². The fourth-order valence-electron chi connectivity index (χ4n) is 2.54. The summed E-state index contributed by atoms with van der Waals surface area (Å²) in [5.41, 5.74) is 7.94. The lowest BCUT2D eigenvalue weighted by Crippen LogP contribution is -2.30. The van der Waals surface area contributed by atoms with E-state index in [9.17, 15) is 4.79 Å². The summed E-state index contributed by atoms with van der Waals surface area (Å²) < 4.78 is 5.22. The molecule has 3 N–H and O–H groups in total. The van der Waals surface area contributed by atoms with Gasteiger partial charge in [0.1, 0.15) is 6.10 Å². The van der Waals surface area contributed by atoms with E-state index >= 15 is 0 Å². The number of carbonyl (C=O) groups is 1. The van der Waals surface area contributed by atoms with Gasteiger partial charge in [0.15, 0.2) is 0 Å². The average molecular weight is 273 g/mol. The molecule has 1 saturated carbocycles. The number of nitrogen functional groups attached to an aromatic ring is 1. The Balaban J connectivity index is 1.90. The highest BCUT2D eigenvalue weighted by molar-refractivity contribution is 5.68. The molecule has 0 spiro atoms. The lowest BCUT2D eigenvalue weighted by atomic mass is 9.92. The Labute approximate surface area is 118 Å². The fraction of sp³-hybridized carbons (Fsp3) is 0.467. The molecule has 0 aromatic heterocycles. The van der Waals surface area contributed by atoms with Crippen LogP contribution >= 0.6 is 0 Å². The van der Waals surface area contributed by atoms with Crippen LogP contribution in [0.4, 0.5) is 11.4 Å². The molecule has 0 unspecified atom stereocenters. The van der Waals surface area contributed by atoms with Crippen LogP contribution in [-0.4, -0.2) is 18.1 Å². The van der Waals surface area contributed by atoms with E-state index in [2.05, 4.69) is 11.4 Å². The molecule has 0 radical (unpaired) electrons. The lowest BCUT2D eigenvalue weighted by molar-refractivity contribution is -0.147. The van der Waals surface area contributed by atoms with Crippen LogP contribution in [0.15, 0.2) is 18.2 Å². The van der Waals surface area contributed by atoms with Crippen molar-refractivity contribution < 1.29 is 9.53 Å². The summed E-state index contributed by atoms with van der Waals surface area (Å²) >= 11 is 0. The Hall–Kier alpha value is -2.22. The number of nitriles is 1. The Morgan fingerprint density at radius 1 is 1.40 bits per heavy atom. The number of nitrogens with two attached hydrogens (primary N) is 1. The van der Waals surface area contributed by atoms with Gasteiger partial charge in [-0.05, 0) is 43.9 Å². The molecule has 0 saturated heterocycles. The SMILES string of the molecule is CC(=O)O[C@H]1CC[C@H](Nc2ccc(C#N)cc2N)CC1. The van der Waals surface area contributed by atoms with Crippen molar-refractivity contribution in [3.63, 3.8) is 0 Å². The number of ether oxygens (including phenoxy) is 1. The lowest BCUT2D eigenvalue weighted by Gasteiger charge is -2.29. The quantitative estimate of drug-likeness (QED) is 0.652. The van der Waals surface area contributed by atoms with E-state index in [-0.39, 0.29) is 12.1 Å². The predicted molar refractivity (Wildman–Crippen MR) is 77.0 cm³/mol. The van der Waals surface area contributed by atoms with Gasteiger partial charge in [0, 0.05) is 13.0 Å². The van der Waals surface area contributed by atoms with Crippen LogP contribution in [0.1, 0.15) is 38.2 Å². The molecule has 0 bridgehead atoms. The van der Waals surface area contributed by atoms with E-state index < -0.39 is 0 Å². The zero-order valence-electron chi connectivity index (χ0n) is 11.6. The topological polar surface area (TPSA) is 88.1 Å². The van der Waals surface area contributed by atoms with Crippen LogP contribution in [0.25, 0.3) is 0 Å². The number of carbonyl (C=O) groups excluding carboxylic acids is 1. The molecular formula is C15H19N3O2. The third-order valence-electron chi connectivity index (χ3n) is 3.55. The van der Waals surface area contributed by atoms with Crippen molar-refractivity contribution in [2.24, 2.45) is 0 Å². The second-order valence-electron chi connectivity index (χ2n) is 5.14. The molecule has 0 atom stereocenters. The van der Waals surface area contributed by atoms with Gasteiger partial charge in [0.25, 0.3) is 0 Å². The van der Waals surface area contributed by atoms with E-state index in [4.69, 9.17) is 15.7 Å². The van der Waals surface area contributed by atoms with Gasteiger partial charge in [0.05, 0.1) is 23.0 Å². The Morgan fingerprint density at radius 3 is 2.65 bits per heavy atom. The molecule has 0 aliphatic heterocycles. The maximum Gasteiger partial charge on any atom is 0.302 e. The van der Waals surface area contributed by atoms with Crippen LogP contribution in [0.3, 0.4) is 0 Å². The van der Waals surface area contributed by atoms with Gasteiger partial charge in [-0.15, -0.1) is 0 Å². The number of benzene rings is 1. The van der Waals surface area contributed by atoms with Gasteiger partial charge in [-0.25, -0.2) is 0 Å². The van der Waals surface area contributed by atoms with Crippen molar-refractivity contribution in [1.82, 2.24) is 0 Å². The standard InChI is InChI=1S/C15H19N3O2/c1-10(19)20-13-5-3-12(4-6-13)18-15-7-2-11(9-16)8-14(15)17/h2,7-8,12-13,18H,3-6,17H2,1H3/t12-,13-. The van der Waals surface area contributed by atoms with Crippen LogP contribution in [0.2, 0.25) is 0 Å². The minimum absolute atomic E-state index is 0.0452. The van der Waals surface area contributed by atoms with Gasteiger partial charge in [-0.1, -0.05) is 0 Å². The minimum Gasteiger partial charge on any atom is -0.463 e. The molecule has 5 nitrogen and oxygen atoms in total. The average Bonchev–Trinajstić information content (AvgIpc) is 2.42. The molecule has 1 aliphatic carbocycles. The highest BCUT2D eigenvalue weighted by Gasteiger charge is 2.23. The van der Waals surface area contributed by atoms with Gasteiger partial charge in [0.2, 0.25) is 0 Å². The van der Waals surface area contributed by atoms with Crippen LogP contribution in [0.5, 0.6) is 0 Å². The monoisotopic (exact) mass is 273 g/mol. The summed E-state index contributed by atoms with van der Waals surface area (Å²) in [6.45, 7) is 1.45. The highest BCUT2D eigenvalue weighted by atomic mass is 16.5. The van der Waals surface area contributed by atoms with Crippen LogP contribution in [0, 0.1) is 11.3 Å². The molecule has 20 heavy (non-hydrogen) atoms. The highest BCUT2D eigenvalue weighted by Crippen LogP contribution is 2.27. The van der Waals surface area contributed by atoms with Crippen molar-refractivity contribution in [2.45, 2.75) is 44.8 Å². The first-order valence-electron chi connectivity index (χ1n) is 6.82. The van der Waals surface area contributed by atoms with E-state index in [1.54, 1.807) is 12.1 Å². The molecule has 0 heterocycles. The number of nitrogens with one attached hydrogen (secondary N) is 1. The summed E-state index contributed by atoms with van der Waals surface area (Å²) in [5.74, 6) is -0.210. The maximum absolute atomic E-state index is 10.9. The second kappa shape index (κ2) is 6.29. The number of nitrogens with zero attached hydrogens (tertiary/aromatic N) is 1. The second-order valence-corrected chi connectivity index (χ2v) is 5.14. The van der Waals surface area contributed by atoms with Crippen molar-refractivity contribution >= 4 is 17.3 Å². The molecule has 2 rings (SSSR count). The molecule has 1 aromatic rings. The Kier molecular flexibility index (Phi) is 4.46. The van der Waals surface area contributed by atoms with Crippen molar-refractivity contribution in [3.8, 4) is 6.07 Å². The fourth-order valence-corrected chi connectivity index (χ4v) is 2.54. The normalized spacial score (nSPS) is 21.8. The summed E-state index contributed by atoms with van der Waals surface area (Å²) in [7, 11) is 0. The molecule has 106 valence electrons. The van der Waals surface area contributed by atoms with Crippen molar-refractivity contribution in [3.05, 3.63) is 23.8 Å². The smallest absolute Gasteiger partial charge is 0.302 e. The summed E-state index contributed by atoms with van der Waals surface area (Å²) in [6.07, 6.45) is 3.67. The summed E-state index contributed by atoms with van der Waals surface area (Å²) in [6, 6.07) is 7.66. The third kappa shape index (κ3) is 3.64. The number of hydrogen-bond acceptors (Lipinski definition) is 5. The first-order valence-corrected chi connectivity index (χ1v) is 6.82. The van der Waals surface area contributed by atoms with Crippen LogP contribution < -0.4 is 11.1 Å². The number of anilines is 2. The number of esters is 1. The Bertz CT molecular complexity index is 528. The summed E-state index contributed by atoms with van der Waals surface area (Å²) in [4.78, 5) is 10.9. The molecule has 5 heteroatoms. The summed E-state index contributed by atoms with van der Waals surface area (Å²) in [5, 5.41) is 12.2. The van der Waals surface area contributed by atoms with Gasteiger partial charge in [-0.2, -0.15) is 5.26 Å². The van der Waals surface area contributed by atoms with Crippen molar-refractivity contribution in [2.75, 3.05) is 11.1 Å². The molecule has 0 amide bonds. The zero-order chi connectivity index (χ0) is 14.5. The Morgan fingerprint density at radius 2 is 2.10 bits per heavy atom. The predicted octanol–water partition coefficient (Wildman–Crippen LogP) is 2.43. The third-order valence-corrected chi connectivity index (χ3v) is 3.55. The largest absolute Gasteiger partial charge is 0.463 e. The van der Waals surface area contributed by atoms with Crippen LogP contribution in [-0.2, 0) is 9.53 Å². The molecule has 1 aromatic carbocycles.